The maximum Gasteiger partial charge on any atom is 0.224 e. The molecule has 0 spiro atoms. The number of carbonyl (C=O) groups is 2. The van der Waals surface area contributed by atoms with E-state index in [0.29, 0.717) is 18.0 Å². The number of halogens is 1. The highest BCUT2D eigenvalue weighted by molar-refractivity contribution is 6.30. The summed E-state index contributed by atoms with van der Waals surface area (Å²) in [5, 5.41) is 3.62. The van der Waals surface area contributed by atoms with Crippen LogP contribution in [-0.4, -0.2) is 36.3 Å². The Morgan fingerprint density at radius 2 is 2.00 bits per heavy atom. The Morgan fingerprint density at radius 3 is 2.74 bits per heavy atom. The van der Waals surface area contributed by atoms with E-state index in [2.05, 4.69) is 5.32 Å². The van der Waals surface area contributed by atoms with Crippen molar-refractivity contribution in [3.63, 3.8) is 0 Å². The molecule has 4 nitrogen and oxygen atoms in total. The molecule has 1 saturated heterocycles. The van der Waals surface area contributed by atoms with E-state index in [4.69, 9.17) is 11.6 Å². The molecule has 1 heterocycles. The molecule has 2 atom stereocenters. The number of rotatable bonds is 5. The third-order valence-corrected chi connectivity index (χ3v) is 4.99. The molecule has 1 aromatic carbocycles. The smallest absolute Gasteiger partial charge is 0.224 e. The lowest BCUT2D eigenvalue weighted by Gasteiger charge is -2.26. The van der Waals surface area contributed by atoms with Crippen molar-refractivity contribution in [2.75, 3.05) is 19.6 Å². The second-order valence-corrected chi connectivity index (χ2v) is 6.92. The number of carbonyl (C=O) groups excluding carboxylic acids is 2. The highest BCUT2D eigenvalue weighted by atomic mass is 35.5. The van der Waals surface area contributed by atoms with Crippen LogP contribution in [0.4, 0.5) is 0 Å². The zero-order valence-electron chi connectivity index (χ0n) is 13.3. The Balaban J connectivity index is 1.40. The van der Waals surface area contributed by atoms with Crippen LogP contribution in [0, 0.1) is 5.92 Å². The second-order valence-electron chi connectivity index (χ2n) is 6.49. The molecule has 1 aliphatic carbocycles. The lowest BCUT2D eigenvalue weighted by atomic mass is 10.1. The maximum atomic E-state index is 12.2. The van der Waals surface area contributed by atoms with Crippen LogP contribution in [0.25, 0.3) is 0 Å². The molecule has 23 heavy (non-hydrogen) atoms. The first kappa shape index (κ1) is 16.3. The van der Waals surface area contributed by atoms with E-state index < -0.39 is 0 Å². The number of benzene rings is 1. The Morgan fingerprint density at radius 1 is 1.22 bits per heavy atom. The number of likely N-dealkylation sites (tertiary alicyclic amines) is 1. The fourth-order valence-electron chi connectivity index (χ4n) is 3.32. The van der Waals surface area contributed by atoms with Crippen LogP contribution < -0.4 is 5.32 Å². The largest absolute Gasteiger partial charge is 0.355 e. The molecule has 1 aliphatic heterocycles. The normalized spacial score (nSPS) is 23.4. The minimum atomic E-state index is 0.0264. The first-order chi connectivity index (χ1) is 11.1. The SMILES string of the molecule is O=C(NCCC(=O)N1CCCCC1)[C@@H]1C[C@@H]1c1cccc(Cl)c1. The van der Waals surface area contributed by atoms with Gasteiger partial charge < -0.3 is 10.2 Å². The molecule has 1 saturated carbocycles. The van der Waals surface area contributed by atoms with Crippen LogP contribution in [0.1, 0.15) is 43.6 Å². The highest BCUT2D eigenvalue weighted by Gasteiger charge is 2.43. The molecule has 1 N–H and O–H groups in total. The van der Waals surface area contributed by atoms with Crippen LogP contribution in [0.3, 0.4) is 0 Å². The minimum absolute atomic E-state index is 0.0264. The van der Waals surface area contributed by atoms with Crippen molar-refractivity contribution in [1.82, 2.24) is 10.2 Å². The fourth-order valence-corrected chi connectivity index (χ4v) is 3.51. The molecular formula is C18H23ClN2O2. The Hall–Kier alpha value is -1.55. The molecule has 5 heteroatoms. The van der Waals surface area contributed by atoms with E-state index in [1.807, 2.05) is 29.2 Å². The van der Waals surface area contributed by atoms with Gasteiger partial charge in [-0.3, -0.25) is 9.59 Å². The number of amides is 2. The van der Waals surface area contributed by atoms with E-state index >= 15 is 0 Å². The molecule has 2 fully saturated rings. The van der Waals surface area contributed by atoms with Gasteiger partial charge in [0.2, 0.25) is 11.8 Å². The molecule has 2 amide bonds. The first-order valence-corrected chi connectivity index (χ1v) is 8.84. The van der Waals surface area contributed by atoms with Crippen LogP contribution in [0.2, 0.25) is 5.02 Å². The number of piperidine rings is 1. The quantitative estimate of drug-likeness (QED) is 0.900. The summed E-state index contributed by atoms with van der Waals surface area (Å²) >= 11 is 5.99. The standard InChI is InChI=1S/C18H23ClN2O2/c19-14-6-4-5-13(11-14)15-12-16(15)18(23)20-8-7-17(22)21-9-2-1-3-10-21/h4-6,11,15-16H,1-3,7-10,12H2,(H,20,23)/t15-,16-/m1/s1. The molecule has 3 rings (SSSR count). The zero-order valence-corrected chi connectivity index (χ0v) is 14.0. The first-order valence-electron chi connectivity index (χ1n) is 8.46. The summed E-state index contributed by atoms with van der Waals surface area (Å²) < 4.78 is 0. The van der Waals surface area contributed by atoms with Gasteiger partial charge in [-0.25, -0.2) is 0 Å². The van der Waals surface area contributed by atoms with E-state index in [1.54, 1.807) is 0 Å². The summed E-state index contributed by atoms with van der Waals surface area (Å²) in [7, 11) is 0. The molecular weight excluding hydrogens is 312 g/mol. The molecule has 0 unspecified atom stereocenters. The predicted octanol–water partition coefficient (Wildman–Crippen LogP) is 2.96. The summed E-state index contributed by atoms with van der Waals surface area (Å²) in [6, 6.07) is 7.71. The van der Waals surface area contributed by atoms with Crippen LogP contribution in [-0.2, 0) is 9.59 Å². The summed E-state index contributed by atoms with van der Waals surface area (Å²) in [6.07, 6.45) is 4.68. The number of nitrogens with one attached hydrogen (secondary N) is 1. The van der Waals surface area contributed by atoms with Gasteiger partial charge in [0, 0.05) is 37.0 Å². The predicted molar refractivity (Wildman–Crippen MR) is 90.4 cm³/mol. The van der Waals surface area contributed by atoms with Crippen molar-refractivity contribution in [3.05, 3.63) is 34.9 Å². The minimum Gasteiger partial charge on any atom is -0.355 e. The third kappa shape index (κ3) is 4.25. The van der Waals surface area contributed by atoms with Gasteiger partial charge in [0.1, 0.15) is 0 Å². The number of hydrogen-bond donors (Lipinski definition) is 1. The van der Waals surface area contributed by atoms with Gasteiger partial charge >= 0.3 is 0 Å². The second kappa shape index (κ2) is 7.35. The Labute approximate surface area is 142 Å². The van der Waals surface area contributed by atoms with Gasteiger partial charge in [0.05, 0.1) is 0 Å². The molecule has 1 aromatic rings. The average Bonchev–Trinajstić information content (AvgIpc) is 3.36. The Bertz CT molecular complexity index is 584. The van der Waals surface area contributed by atoms with Gasteiger partial charge in [-0.15, -0.1) is 0 Å². The zero-order chi connectivity index (χ0) is 16.2. The van der Waals surface area contributed by atoms with Gasteiger partial charge in [0.15, 0.2) is 0 Å². The van der Waals surface area contributed by atoms with Crippen molar-refractivity contribution >= 4 is 23.4 Å². The van der Waals surface area contributed by atoms with Crippen molar-refractivity contribution < 1.29 is 9.59 Å². The van der Waals surface area contributed by atoms with Crippen molar-refractivity contribution in [1.29, 1.82) is 0 Å². The Kier molecular flexibility index (Phi) is 5.21. The lowest BCUT2D eigenvalue weighted by Crippen LogP contribution is -2.38. The monoisotopic (exact) mass is 334 g/mol. The summed E-state index contributed by atoms with van der Waals surface area (Å²) in [6.45, 7) is 2.17. The summed E-state index contributed by atoms with van der Waals surface area (Å²) in [5.74, 6) is 0.513. The number of nitrogens with zero attached hydrogens (tertiary/aromatic N) is 1. The molecule has 124 valence electrons. The van der Waals surface area contributed by atoms with Crippen LogP contribution >= 0.6 is 11.6 Å². The topological polar surface area (TPSA) is 49.4 Å². The van der Waals surface area contributed by atoms with Crippen molar-refractivity contribution in [2.24, 2.45) is 5.92 Å². The molecule has 0 radical (unpaired) electrons. The van der Waals surface area contributed by atoms with Gasteiger partial charge in [-0.05, 0) is 49.3 Å². The molecule has 0 bridgehead atoms. The van der Waals surface area contributed by atoms with Gasteiger partial charge in [0.25, 0.3) is 0 Å². The van der Waals surface area contributed by atoms with Crippen LogP contribution in [0.5, 0.6) is 0 Å². The van der Waals surface area contributed by atoms with E-state index in [-0.39, 0.29) is 23.7 Å². The van der Waals surface area contributed by atoms with Gasteiger partial charge in [-0.2, -0.15) is 0 Å². The molecule has 0 aromatic heterocycles. The summed E-state index contributed by atoms with van der Waals surface area (Å²) in [5.41, 5.74) is 1.13. The van der Waals surface area contributed by atoms with E-state index in [1.165, 1.54) is 6.42 Å². The summed E-state index contributed by atoms with van der Waals surface area (Å²) in [4.78, 5) is 26.1. The molecule has 2 aliphatic rings. The average molecular weight is 335 g/mol. The fraction of sp³-hybridized carbons (Fsp3) is 0.556. The maximum absolute atomic E-state index is 12.2. The third-order valence-electron chi connectivity index (χ3n) is 4.75. The van der Waals surface area contributed by atoms with E-state index in [0.717, 1.165) is 37.9 Å². The van der Waals surface area contributed by atoms with E-state index in [9.17, 15) is 9.59 Å². The van der Waals surface area contributed by atoms with Crippen molar-refractivity contribution in [3.8, 4) is 0 Å². The lowest BCUT2D eigenvalue weighted by molar-refractivity contribution is -0.132. The highest BCUT2D eigenvalue weighted by Crippen LogP contribution is 2.47. The van der Waals surface area contributed by atoms with Crippen molar-refractivity contribution in [2.45, 2.75) is 38.0 Å². The number of hydrogen-bond acceptors (Lipinski definition) is 2. The van der Waals surface area contributed by atoms with Crippen LogP contribution in [0.15, 0.2) is 24.3 Å². The van der Waals surface area contributed by atoms with Gasteiger partial charge in [-0.1, -0.05) is 23.7 Å².